The predicted octanol–water partition coefficient (Wildman–Crippen LogP) is 4.01. The van der Waals surface area contributed by atoms with Gasteiger partial charge in [0.05, 0.1) is 20.1 Å². The van der Waals surface area contributed by atoms with Crippen LogP contribution in [-0.2, 0) is 0 Å². The molecule has 0 aliphatic heterocycles. The van der Waals surface area contributed by atoms with Crippen LogP contribution in [0, 0.1) is 0 Å². The Morgan fingerprint density at radius 3 is 2.60 bits per heavy atom. The van der Waals surface area contributed by atoms with Gasteiger partial charge in [0, 0.05) is 15.4 Å². The minimum Gasteiger partial charge on any atom is -0.493 e. The van der Waals surface area contributed by atoms with Gasteiger partial charge in [-0.1, -0.05) is 0 Å². The summed E-state index contributed by atoms with van der Waals surface area (Å²) >= 11 is 10.4. The Labute approximate surface area is 133 Å². The van der Waals surface area contributed by atoms with Gasteiger partial charge in [0.2, 0.25) is 0 Å². The van der Waals surface area contributed by atoms with Crippen LogP contribution < -0.4 is 9.47 Å². The first-order valence-corrected chi connectivity index (χ1v) is 7.78. The molecule has 0 saturated carbocycles. The zero-order chi connectivity index (χ0) is 14.7. The number of aromatic nitrogens is 1. The molecule has 0 spiro atoms. The molecule has 7 heteroatoms. The monoisotopic (exact) mass is 375 g/mol. The van der Waals surface area contributed by atoms with Crippen LogP contribution in [0.15, 0.2) is 22.0 Å². The molecule has 0 atom stereocenters. The van der Waals surface area contributed by atoms with E-state index in [1.165, 1.54) is 11.3 Å². The molecule has 0 aliphatic carbocycles. The van der Waals surface area contributed by atoms with Crippen molar-refractivity contribution >= 4 is 44.7 Å². The number of nitrogens with zero attached hydrogens (tertiary/aromatic N) is 1. The molecule has 0 aliphatic rings. The van der Waals surface area contributed by atoms with Crippen LogP contribution in [0.3, 0.4) is 0 Å². The summed E-state index contributed by atoms with van der Waals surface area (Å²) in [5, 5.41) is 2.41. The fourth-order valence-corrected chi connectivity index (χ4v) is 3.24. The van der Waals surface area contributed by atoms with Gasteiger partial charge >= 0.3 is 0 Å². The number of hydrogen-bond acceptors (Lipinski definition) is 5. The fraction of sp³-hybridized carbons (Fsp3) is 0.231. The average molecular weight is 377 g/mol. The van der Waals surface area contributed by atoms with Crippen LogP contribution in [0.5, 0.6) is 11.5 Å². The molecule has 0 radical (unpaired) electrons. The number of benzene rings is 1. The quantitative estimate of drug-likeness (QED) is 0.584. The van der Waals surface area contributed by atoms with E-state index in [0.717, 1.165) is 10.0 Å². The van der Waals surface area contributed by atoms with Crippen molar-refractivity contribution in [1.29, 1.82) is 0 Å². The Bertz CT molecular complexity index is 645. The third-order valence-corrected chi connectivity index (χ3v) is 4.39. The van der Waals surface area contributed by atoms with Gasteiger partial charge in [0.25, 0.3) is 0 Å². The number of methoxy groups -OCH3 is 2. The molecule has 1 heterocycles. The summed E-state index contributed by atoms with van der Waals surface area (Å²) in [6.07, 6.45) is 0. The van der Waals surface area contributed by atoms with E-state index in [-0.39, 0.29) is 11.7 Å². The lowest BCUT2D eigenvalue weighted by Gasteiger charge is -2.10. The summed E-state index contributed by atoms with van der Waals surface area (Å²) in [4.78, 5) is 15.8. The molecule has 20 heavy (non-hydrogen) atoms. The van der Waals surface area contributed by atoms with Gasteiger partial charge in [-0.15, -0.1) is 22.9 Å². The maximum atomic E-state index is 11.5. The smallest absolute Gasteiger partial charge is 0.196 e. The average Bonchev–Trinajstić information content (AvgIpc) is 2.95. The number of alkyl halides is 1. The van der Waals surface area contributed by atoms with E-state index in [9.17, 15) is 4.79 Å². The van der Waals surface area contributed by atoms with E-state index >= 15 is 0 Å². The molecular formula is C13H11BrClNO3S. The van der Waals surface area contributed by atoms with Gasteiger partial charge < -0.3 is 9.47 Å². The highest BCUT2D eigenvalue weighted by Crippen LogP contribution is 2.39. The second-order valence-corrected chi connectivity index (χ2v) is 5.76. The van der Waals surface area contributed by atoms with Gasteiger partial charge in [-0.25, -0.2) is 4.98 Å². The zero-order valence-corrected chi connectivity index (χ0v) is 13.9. The third kappa shape index (κ3) is 2.97. The van der Waals surface area contributed by atoms with Crippen molar-refractivity contribution in [3.8, 4) is 22.1 Å². The van der Waals surface area contributed by atoms with Gasteiger partial charge in [0.1, 0.15) is 10.7 Å². The van der Waals surface area contributed by atoms with Crippen molar-refractivity contribution in [1.82, 2.24) is 4.98 Å². The van der Waals surface area contributed by atoms with E-state index in [0.29, 0.717) is 22.2 Å². The minimum absolute atomic E-state index is 0.0731. The Morgan fingerprint density at radius 2 is 2.00 bits per heavy atom. The lowest BCUT2D eigenvalue weighted by Crippen LogP contribution is -2.00. The summed E-state index contributed by atoms with van der Waals surface area (Å²) in [5.74, 6) is 0.963. The van der Waals surface area contributed by atoms with Crippen molar-refractivity contribution < 1.29 is 14.3 Å². The van der Waals surface area contributed by atoms with Crippen molar-refractivity contribution in [2.24, 2.45) is 0 Å². The van der Waals surface area contributed by atoms with E-state index < -0.39 is 0 Å². The van der Waals surface area contributed by atoms with Crippen molar-refractivity contribution in [3.63, 3.8) is 0 Å². The molecule has 0 amide bonds. The second-order valence-electron chi connectivity index (χ2n) is 3.78. The van der Waals surface area contributed by atoms with Gasteiger partial charge in [-0.2, -0.15) is 0 Å². The number of hydrogen-bond donors (Lipinski definition) is 0. The van der Waals surface area contributed by atoms with Crippen LogP contribution in [-0.4, -0.2) is 30.9 Å². The SMILES string of the molecule is COc1cc(Br)c(-c2nc(C(=O)CCl)cs2)cc1OC. The lowest BCUT2D eigenvalue weighted by atomic mass is 10.2. The third-order valence-electron chi connectivity index (χ3n) is 2.61. The van der Waals surface area contributed by atoms with Crippen LogP contribution in [0.1, 0.15) is 10.5 Å². The molecular weight excluding hydrogens is 366 g/mol. The van der Waals surface area contributed by atoms with Crippen LogP contribution in [0.4, 0.5) is 0 Å². The normalized spacial score (nSPS) is 10.4. The number of ether oxygens (including phenoxy) is 2. The summed E-state index contributed by atoms with van der Waals surface area (Å²) < 4.78 is 11.3. The molecule has 1 aromatic heterocycles. The number of halogens is 2. The summed E-state index contributed by atoms with van der Waals surface area (Å²) in [6.45, 7) is 0. The molecule has 0 bridgehead atoms. The summed E-state index contributed by atoms with van der Waals surface area (Å²) in [7, 11) is 3.14. The van der Waals surface area contributed by atoms with Crippen molar-refractivity contribution in [2.75, 3.05) is 20.1 Å². The molecule has 0 saturated heterocycles. The van der Waals surface area contributed by atoms with Crippen molar-refractivity contribution in [3.05, 3.63) is 27.7 Å². The fourth-order valence-electron chi connectivity index (χ4n) is 1.61. The first kappa shape index (κ1) is 15.3. The maximum absolute atomic E-state index is 11.5. The number of thiazole rings is 1. The maximum Gasteiger partial charge on any atom is 0.196 e. The Balaban J connectivity index is 2.47. The number of Topliss-reactive ketones (excluding diaryl/α,β-unsaturated/α-hetero) is 1. The standard InChI is InChI=1S/C13H11BrClNO3S/c1-18-11-3-7(8(14)4-12(11)19-2)13-16-9(6-20-13)10(17)5-15/h3-4,6H,5H2,1-2H3. The molecule has 106 valence electrons. The van der Waals surface area contributed by atoms with Crippen LogP contribution >= 0.6 is 38.9 Å². The van der Waals surface area contributed by atoms with Crippen LogP contribution in [0.25, 0.3) is 10.6 Å². The number of carbonyl (C=O) groups excluding carboxylic acids is 1. The molecule has 0 fully saturated rings. The minimum atomic E-state index is -0.189. The van der Waals surface area contributed by atoms with Crippen LogP contribution in [0.2, 0.25) is 0 Å². The zero-order valence-electron chi connectivity index (χ0n) is 10.8. The molecule has 2 aromatic rings. The predicted molar refractivity (Wildman–Crippen MR) is 83.4 cm³/mol. The molecule has 4 nitrogen and oxygen atoms in total. The number of ketones is 1. The molecule has 2 rings (SSSR count). The highest BCUT2D eigenvalue weighted by Gasteiger charge is 2.16. The summed E-state index contributed by atoms with van der Waals surface area (Å²) in [6, 6.07) is 3.62. The molecule has 0 unspecified atom stereocenters. The topological polar surface area (TPSA) is 48.4 Å². The Kier molecular flexibility index (Phi) is 5.01. The Hall–Kier alpha value is -1.11. The molecule has 1 aromatic carbocycles. The van der Waals surface area contributed by atoms with Gasteiger partial charge in [-0.05, 0) is 28.1 Å². The second kappa shape index (κ2) is 6.56. The Morgan fingerprint density at radius 1 is 1.35 bits per heavy atom. The first-order chi connectivity index (χ1) is 9.60. The highest BCUT2D eigenvalue weighted by atomic mass is 79.9. The van der Waals surface area contributed by atoms with E-state index in [2.05, 4.69) is 20.9 Å². The van der Waals surface area contributed by atoms with Gasteiger partial charge in [0.15, 0.2) is 17.3 Å². The lowest BCUT2D eigenvalue weighted by molar-refractivity contribution is 0.101. The largest absolute Gasteiger partial charge is 0.493 e. The van der Waals surface area contributed by atoms with E-state index in [1.807, 2.05) is 6.07 Å². The first-order valence-electron chi connectivity index (χ1n) is 5.57. The van der Waals surface area contributed by atoms with Crippen molar-refractivity contribution in [2.45, 2.75) is 0 Å². The summed E-state index contributed by atoms with van der Waals surface area (Å²) in [5.41, 5.74) is 1.21. The highest BCUT2D eigenvalue weighted by molar-refractivity contribution is 9.10. The molecule has 0 N–H and O–H groups in total. The van der Waals surface area contributed by atoms with E-state index in [1.54, 1.807) is 25.7 Å². The van der Waals surface area contributed by atoms with E-state index in [4.69, 9.17) is 21.1 Å². The number of rotatable bonds is 5. The van der Waals surface area contributed by atoms with Gasteiger partial charge in [-0.3, -0.25) is 4.79 Å². The number of carbonyl (C=O) groups is 1.